The van der Waals surface area contributed by atoms with Crippen LogP contribution in [-0.4, -0.2) is 37.2 Å². The molecular weight excluding hydrogens is 709 g/mol. The minimum atomic E-state index is -0.777. The maximum absolute atomic E-state index is 12.8. The van der Waals surface area contributed by atoms with E-state index in [0.717, 1.165) is 70.6 Å². The molecule has 6 nitrogen and oxygen atoms in total. The number of esters is 3. The molecule has 0 rings (SSSR count). The third kappa shape index (κ3) is 44.6. The van der Waals surface area contributed by atoms with Gasteiger partial charge in [0.2, 0.25) is 0 Å². The fourth-order valence-corrected chi connectivity index (χ4v) is 6.82. The maximum atomic E-state index is 12.8. The Morgan fingerprint density at radius 3 is 0.930 bits per heavy atom. The van der Waals surface area contributed by atoms with Gasteiger partial charge in [0, 0.05) is 19.3 Å². The lowest BCUT2D eigenvalue weighted by atomic mass is 10.1. The summed E-state index contributed by atoms with van der Waals surface area (Å²) < 4.78 is 16.7. The average molecular weight is 801 g/mol. The van der Waals surface area contributed by atoms with E-state index in [1.54, 1.807) is 0 Å². The Bertz CT molecular complexity index is 969. The van der Waals surface area contributed by atoms with Gasteiger partial charge >= 0.3 is 17.9 Å². The molecule has 0 aliphatic carbocycles. The number of hydrogen-bond donors (Lipinski definition) is 0. The summed E-state index contributed by atoms with van der Waals surface area (Å²) in [5, 5.41) is 0. The highest BCUT2D eigenvalue weighted by Crippen LogP contribution is 2.14. The Morgan fingerprint density at radius 2 is 0.596 bits per heavy atom. The third-order valence-corrected chi connectivity index (χ3v) is 10.6. The predicted molar refractivity (Wildman–Crippen MR) is 242 cm³/mol. The summed E-state index contributed by atoms with van der Waals surface area (Å²) in [5.74, 6) is -0.898. The predicted octanol–water partition coefficient (Wildman–Crippen LogP) is 15.8. The van der Waals surface area contributed by atoms with E-state index >= 15 is 0 Å². The first-order valence-corrected chi connectivity index (χ1v) is 24.5. The van der Waals surface area contributed by atoms with E-state index in [2.05, 4.69) is 57.2 Å². The zero-order chi connectivity index (χ0) is 41.5. The fraction of sp³-hybridized carbons (Fsp3) is 0.824. The molecule has 0 N–H and O–H groups in total. The highest BCUT2D eigenvalue weighted by molar-refractivity contribution is 5.71. The molecule has 332 valence electrons. The van der Waals surface area contributed by atoms with Crippen molar-refractivity contribution in [3.8, 4) is 0 Å². The van der Waals surface area contributed by atoms with Crippen molar-refractivity contribution >= 4 is 17.9 Å². The van der Waals surface area contributed by atoms with Crippen LogP contribution in [0.4, 0.5) is 0 Å². The molecule has 0 unspecified atom stereocenters. The minimum absolute atomic E-state index is 0.0798. The molecule has 0 spiro atoms. The van der Waals surface area contributed by atoms with Crippen LogP contribution in [0.3, 0.4) is 0 Å². The molecule has 0 saturated carbocycles. The summed E-state index contributed by atoms with van der Waals surface area (Å²) in [7, 11) is 0. The molecule has 6 heteroatoms. The molecule has 0 radical (unpaired) electrons. The number of carbonyl (C=O) groups excluding carboxylic acids is 3. The first kappa shape index (κ1) is 54.6. The molecule has 0 saturated heterocycles. The minimum Gasteiger partial charge on any atom is -0.462 e. The van der Waals surface area contributed by atoms with Gasteiger partial charge in [0.05, 0.1) is 0 Å². The zero-order valence-electron chi connectivity index (χ0n) is 37.9. The zero-order valence-corrected chi connectivity index (χ0v) is 37.9. The van der Waals surface area contributed by atoms with E-state index in [-0.39, 0.29) is 31.1 Å². The van der Waals surface area contributed by atoms with Crippen LogP contribution in [0.15, 0.2) is 36.5 Å². The van der Waals surface area contributed by atoms with Crippen molar-refractivity contribution in [2.24, 2.45) is 0 Å². The molecule has 0 amide bonds. The lowest BCUT2D eigenvalue weighted by molar-refractivity contribution is -0.167. The SMILES string of the molecule is CCCC/C=C\CCCCCCCC(=O)OC[C@@H](COC(=O)CCCCCCC/C=C\CCCCCC)OC(=O)CCCCCCCCC/C=C\CCCCCC. The van der Waals surface area contributed by atoms with Crippen LogP contribution < -0.4 is 0 Å². The maximum Gasteiger partial charge on any atom is 0.306 e. The van der Waals surface area contributed by atoms with Gasteiger partial charge in [-0.15, -0.1) is 0 Å². The van der Waals surface area contributed by atoms with Gasteiger partial charge in [0.25, 0.3) is 0 Å². The van der Waals surface area contributed by atoms with Gasteiger partial charge in [-0.1, -0.05) is 179 Å². The van der Waals surface area contributed by atoms with Gasteiger partial charge < -0.3 is 14.2 Å². The van der Waals surface area contributed by atoms with Gasteiger partial charge in [-0.25, -0.2) is 0 Å². The van der Waals surface area contributed by atoms with Crippen LogP contribution in [0.25, 0.3) is 0 Å². The van der Waals surface area contributed by atoms with E-state index in [1.807, 2.05) is 0 Å². The average Bonchev–Trinajstić information content (AvgIpc) is 3.21. The van der Waals surface area contributed by atoms with Crippen molar-refractivity contribution in [3.63, 3.8) is 0 Å². The number of hydrogen-bond acceptors (Lipinski definition) is 6. The van der Waals surface area contributed by atoms with E-state index in [0.29, 0.717) is 19.3 Å². The first-order chi connectivity index (χ1) is 28.0. The quantitative estimate of drug-likeness (QED) is 0.0264. The second-order valence-electron chi connectivity index (χ2n) is 16.4. The topological polar surface area (TPSA) is 78.9 Å². The van der Waals surface area contributed by atoms with Gasteiger partial charge in [0.1, 0.15) is 13.2 Å². The largest absolute Gasteiger partial charge is 0.462 e. The van der Waals surface area contributed by atoms with Crippen LogP contribution >= 0.6 is 0 Å². The molecule has 0 bridgehead atoms. The standard InChI is InChI=1S/C51H92O6/c1-4-7-10-13-16-19-22-24-25-27-30-33-36-39-42-45-51(54)57-48(46-55-49(52)43-40-37-34-31-28-21-18-15-12-9-6-3)47-56-50(53)44-41-38-35-32-29-26-23-20-17-14-11-8-5-2/h15,18-20,22-23,48H,4-14,16-17,21,24-47H2,1-3H3/b18-15-,22-19-,23-20-/t48-/m0/s1. The number of rotatable bonds is 44. The lowest BCUT2D eigenvalue weighted by Gasteiger charge is -2.18. The van der Waals surface area contributed by atoms with E-state index in [9.17, 15) is 14.4 Å². The van der Waals surface area contributed by atoms with Crippen molar-refractivity contribution in [3.05, 3.63) is 36.5 Å². The molecule has 57 heavy (non-hydrogen) atoms. The second-order valence-corrected chi connectivity index (χ2v) is 16.4. The van der Waals surface area contributed by atoms with Crippen molar-refractivity contribution in [2.75, 3.05) is 13.2 Å². The van der Waals surface area contributed by atoms with Crippen LogP contribution in [0.1, 0.15) is 252 Å². The van der Waals surface area contributed by atoms with Crippen molar-refractivity contribution < 1.29 is 28.6 Å². The van der Waals surface area contributed by atoms with Crippen molar-refractivity contribution in [2.45, 2.75) is 258 Å². The number of ether oxygens (including phenoxy) is 3. The van der Waals surface area contributed by atoms with Crippen LogP contribution in [0, 0.1) is 0 Å². The summed E-state index contributed by atoms with van der Waals surface area (Å²) >= 11 is 0. The van der Waals surface area contributed by atoms with Crippen LogP contribution in [0.2, 0.25) is 0 Å². The summed E-state index contributed by atoms with van der Waals surface area (Å²) in [5.41, 5.74) is 0. The summed E-state index contributed by atoms with van der Waals surface area (Å²) in [6.45, 7) is 6.56. The summed E-state index contributed by atoms with van der Waals surface area (Å²) in [6.07, 6.45) is 52.6. The van der Waals surface area contributed by atoms with Gasteiger partial charge in [0.15, 0.2) is 6.10 Å². The van der Waals surface area contributed by atoms with Gasteiger partial charge in [-0.3, -0.25) is 14.4 Å². The molecular formula is C51H92O6. The Hall–Kier alpha value is -2.37. The monoisotopic (exact) mass is 801 g/mol. The smallest absolute Gasteiger partial charge is 0.306 e. The van der Waals surface area contributed by atoms with Gasteiger partial charge in [-0.2, -0.15) is 0 Å². The Kier molecular flexibility index (Phi) is 44.4. The van der Waals surface area contributed by atoms with E-state index < -0.39 is 6.10 Å². The highest BCUT2D eigenvalue weighted by Gasteiger charge is 2.19. The molecule has 0 aliphatic heterocycles. The van der Waals surface area contributed by atoms with E-state index in [1.165, 1.54) is 141 Å². The Labute approximate surface area is 353 Å². The van der Waals surface area contributed by atoms with Crippen molar-refractivity contribution in [1.82, 2.24) is 0 Å². The molecule has 0 aromatic carbocycles. The van der Waals surface area contributed by atoms with E-state index in [4.69, 9.17) is 14.2 Å². The third-order valence-electron chi connectivity index (χ3n) is 10.6. The normalized spacial score (nSPS) is 12.3. The lowest BCUT2D eigenvalue weighted by Crippen LogP contribution is -2.30. The molecule has 0 heterocycles. The Balaban J connectivity index is 4.38. The fourth-order valence-electron chi connectivity index (χ4n) is 6.82. The second kappa shape index (κ2) is 46.3. The van der Waals surface area contributed by atoms with Gasteiger partial charge in [-0.05, 0) is 89.9 Å². The number of allylic oxidation sites excluding steroid dienone is 6. The first-order valence-electron chi connectivity index (χ1n) is 24.5. The van der Waals surface area contributed by atoms with Crippen molar-refractivity contribution in [1.29, 1.82) is 0 Å². The molecule has 0 fully saturated rings. The highest BCUT2D eigenvalue weighted by atomic mass is 16.6. The Morgan fingerprint density at radius 1 is 0.333 bits per heavy atom. The molecule has 0 aromatic rings. The van der Waals surface area contributed by atoms with Crippen LogP contribution in [0.5, 0.6) is 0 Å². The summed E-state index contributed by atoms with van der Waals surface area (Å²) in [4.78, 5) is 37.8. The number of unbranched alkanes of at least 4 members (excludes halogenated alkanes) is 27. The number of carbonyl (C=O) groups is 3. The van der Waals surface area contributed by atoms with Crippen LogP contribution in [-0.2, 0) is 28.6 Å². The molecule has 0 aromatic heterocycles. The molecule has 0 aliphatic rings. The molecule has 1 atom stereocenters. The summed E-state index contributed by atoms with van der Waals surface area (Å²) in [6, 6.07) is 0.